The first-order chi connectivity index (χ1) is 10.1. The molecule has 104 valence electrons. The Morgan fingerprint density at radius 3 is 2.52 bits per heavy atom. The van der Waals surface area contributed by atoms with Crippen molar-refractivity contribution in [3.63, 3.8) is 0 Å². The van der Waals surface area contributed by atoms with Crippen molar-refractivity contribution in [1.82, 2.24) is 5.32 Å². The topological polar surface area (TPSA) is 96.0 Å². The molecular weight excluding hydrogens is 270 g/mol. The van der Waals surface area contributed by atoms with E-state index in [1.807, 2.05) is 6.07 Å². The third-order valence-electron chi connectivity index (χ3n) is 2.86. The molecule has 1 amide bonds. The molecule has 1 unspecified atom stereocenters. The van der Waals surface area contributed by atoms with Crippen LogP contribution in [0.4, 0.5) is 5.69 Å². The first-order valence-corrected chi connectivity index (χ1v) is 6.11. The molecule has 1 N–H and O–H groups in total. The molecule has 0 aliphatic carbocycles. The fraction of sp³-hybridized carbons (Fsp3) is 0.0667. The number of hydrogen-bond acceptors (Lipinski definition) is 4. The number of carbonyl (C=O) groups is 1. The van der Waals surface area contributed by atoms with Gasteiger partial charge in [0.25, 0.3) is 11.6 Å². The van der Waals surface area contributed by atoms with Crippen molar-refractivity contribution in [3.8, 4) is 6.07 Å². The lowest BCUT2D eigenvalue weighted by molar-refractivity contribution is -0.384. The molecule has 0 saturated carbocycles. The Bertz CT molecular complexity index is 708. The van der Waals surface area contributed by atoms with Crippen molar-refractivity contribution < 1.29 is 9.72 Å². The molecule has 0 heterocycles. The third kappa shape index (κ3) is 3.42. The number of carbonyl (C=O) groups excluding carboxylic acids is 1. The molecular formula is C15H11N3O3. The summed E-state index contributed by atoms with van der Waals surface area (Å²) in [6, 6.07) is 15.3. The SMILES string of the molecule is N#CC(NC(=O)c1cccc([N+](=O)[O-])c1)c1ccccc1. The van der Waals surface area contributed by atoms with Gasteiger partial charge in [-0.1, -0.05) is 36.4 Å². The van der Waals surface area contributed by atoms with E-state index in [-0.39, 0.29) is 11.3 Å². The van der Waals surface area contributed by atoms with Gasteiger partial charge < -0.3 is 5.32 Å². The Balaban J connectivity index is 2.19. The van der Waals surface area contributed by atoms with E-state index in [4.69, 9.17) is 5.26 Å². The van der Waals surface area contributed by atoms with Crippen LogP contribution in [0.3, 0.4) is 0 Å². The van der Waals surface area contributed by atoms with Crippen LogP contribution >= 0.6 is 0 Å². The summed E-state index contributed by atoms with van der Waals surface area (Å²) in [5.74, 6) is -0.533. The highest BCUT2D eigenvalue weighted by atomic mass is 16.6. The second-order valence-corrected chi connectivity index (χ2v) is 4.25. The molecule has 0 spiro atoms. The van der Waals surface area contributed by atoms with Crippen LogP contribution in [0.2, 0.25) is 0 Å². The maximum atomic E-state index is 12.1. The summed E-state index contributed by atoms with van der Waals surface area (Å²) >= 11 is 0. The van der Waals surface area contributed by atoms with Gasteiger partial charge in [0.15, 0.2) is 0 Å². The maximum absolute atomic E-state index is 12.1. The zero-order valence-electron chi connectivity index (χ0n) is 10.9. The molecule has 0 radical (unpaired) electrons. The molecule has 0 bridgehead atoms. The van der Waals surface area contributed by atoms with E-state index < -0.39 is 16.9 Å². The summed E-state index contributed by atoms with van der Waals surface area (Å²) in [4.78, 5) is 22.2. The average Bonchev–Trinajstić information content (AvgIpc) is 2.53. The zero-order chi connectivity index (χ0) is 15.2. The second kappa shape index (κ2) is 6.30. The third-order valence-corrected chi connectivity index (χ3v) is 2.86. The molecule has 0 aliphatic rings. The average molecular weight is 281 g/mol. The van der Waals surface area contributed by atoms with Crippen LogP contribution in [0.1, 0.15) is 22.0 Å². The van der Waals surface area contributed by atoms with Gasteiger partial charge in [-0.15, -0.1) is 0 Å². The predicted molar refractivity (Wildman–Crippen MR) is 75.4 cm³/mol. The Labute approximate surface area is 120 Å². The van der Waals surface area contributed by atoms with Gasteiger partial charge in [0.2, 0.25) is 0 Å². The minimum absolute atomic E-state index is 0.139. The standard InChI is InChI=1S/C15H11N3O3/c16-10-14(11-5-2-1-3-6-11)17-15(19)12-7-4-8-13(9-12)18(20)21/h1-9,14H,(H,17,19). The van der Waals surface area contributed by atoms with Gasteiger partial charge in [-0.3, -0.25) is 14.9 Å². The van der Waals surface area contributed by atoms with Crippen molar-refractivity contribution in [2.75, 3.05) is 0 Å². The molecule has 0 aromatic heterocycles. The zero-order valence-corrected chi connectivity index (χ0v) is 10.9. The second-order valence-electron chi connectivity index (χ2n) is 4.25. The first-order valence-electron chi connectivity index (χ1n) is 6.11. The number of benzene rings is 2. The molecule has 2 rings (SSSR count). The van der Waals surface area contributed by atoms with E-state index >= 15 is 0 Å². The van der Waals surface area contributed by atoms with Gasteiger partial charge in [-0.05, 0) is 11.6 Å². The van der Waals surface area contributed by atoms with Crippen molar-refractivity contribution in [1.29, 1.82) is 5.26 Å². The highest BCUT2D eigenvalue weighted by Crippen LogP contribution is 2.15. The van der Waals surface area contributed by atoms with E-state index in [9.17, 15) is 14.9 Å². The number of nitrogens with zero attached hydrogens (tertiary/aromatic N) is 2. The molecule has 6 heteroatoms. The minimum atomic E-state index is -0.807. The molecule has 0 saturated heterocycles. The van der Waals surface area contributed by atoms with E-state index in [2.05, 4.69) is 5.32 Å². The normalized spacial score (nSPS) is 11.2. The molecule has 1 atom stereocenters. The van der Waals surface area contributed by atoms with Gasteiger partial charge in [0.1, 0.15) is 6.04 Å². The van der Waals surface area contributed by atoms with Crippen LogP contribution in [0.25, 0.3) is 0 Å². The molecule has 2 aromatic carbocycles. The van der Waals surface area contributed by atoms with E-state index in [1.165, 1.54) is 24.3 Å². The summed E-state index contributed by atoms with van der Waals surface area (Å²) < 4.78 is 0. The fourth-order valence-electron chi connectivity index (χ4n) is 1.81. The number of non-ortho nitro benzene ring substituents is 1. The summed E-state index contributed by atoms with van der Waals surface area (Å²) in [6.07, 6.45) is 0. The number of nitro groups is 1. The van der Waals surface area contributed by atoms with Crippen LogP contribution < -0.4 is 5.32 Å². The van der Waals surface area contributed by atoms with E-state index in [0.29, 0.717) is 5.56 Å². The summed E-state index contributed by atoms with van der Waals surface area (Å²) in [6.45, 7) is 0. The maximum Gasteiger partial charge on any atom is 0.270 e. The molecule has 0 fully saturated rings. The van der Waals surface area contributed by atoms with Crippen LogP contribution in [0, 0.1) is 21.4 Å². The number of nitro benzene ring substituents is 1. The minimum Gasteiger partial charge on any atom is -0.332 e. The van der Waals surface area contributed by atoms with Crippen LogP contribution in [0.15, 0.2) is 54.6 Å². The number of nitriles is 1. The lowest BCUT2D eigenvalue weighted by Gasteiger charge is -2.11. The van der Waals surface area contributed by atoms with Crippen LogP contribution in [-0.2, 0) is 0 Å². The number of hydrogen-bond donors (Lipinski definition) is 1. The Morgan fingerprint density at radius 1 is 1.19 bits per heavy atom. The van der Waals surface area contributed by atoms with Gasteiger partial charge in [0, 0.05) is 17.7 Å². The monoisotopic (exact) mass is 281 g/mol. The molecule has 2 aromatic rings. The van der Waals surface area contributed by atoms with Gasteiger partial charge in [0.05, 0.1) is 11.0 Å². The lowest BCUT2D eigenvalue weighted by atomic mass is 10.1. The van der Waals surface area contributed by atoms with Gasteiger partial charge >= 0.3 is 0 Å². The quantitative estimate of drug-likeness (QED) is 0.688. The summed E-state index contributed by atoms with van der Waals surface area (Å²) in [5.41, 5.74) is 0.620. The Hall–Kier alpha value is -3.20. The Kier molecular flexibility index (Phi) is 4.26. The predicted octanol–water partition coefficient (Wildman–Crippen LogP) is 2.59. The van der Waals surface area contributed by atoms with Gasteiger partial charge in [-0.2, -0.15) is 5.26 Å². The highest BCUT2D eigenvalue weighted by molar-refractivity contribution is 5.95. The molecule has 0 aliphatic heterocycles. The van der Waals surface area contributed by atoms with Crippen molar-refractivity contribution >= 4 is 11.6 Å². The number of amides is 1. The number of rotatable bonds is 4. The summed E-state index contributed by atoms with van der Waals surface area (Å²) in [7, 11) is 0. The first kappa shape index (κ1) is 14.2. The molecule has 6 nitrogen and oxygen atoms in total. The number of nitrogens with one attached hydrogen (secondary N) is 1. The smallest absolute Gasteiger partial charge is 0.270 e. The van der Waals surface area contributed by atoms with E-state index in [0.717, 1.165) is 0 Å². The Morgan fingerprint density at radius 2 is 1.90 bits per heavy atom. The lowest BCUT2D eigenvalue weighted by Crippen LogP contribution is -2.27. The van der Waals surface area contributed by atoms with Gasteiger partial charge in [-0.25, -0.2) is 0 Å². The van der Waals surface area contributed by atoms with Crippen molar-refractivity contribution in [3.05, 3.63) is 75.8 Å². The summed E-state index contributed by atoms with van der Waals surface area (Å²) in [5, 5.41) is 22.4. The molecule has 21 heavy (non-hydrogen) atoms. The van der Waals surface area contributed by atoms with Crippen molar-refractivity contribution in [2.24, 2.45) is 0 Å². The van der Waals surface area contributed by atoms with Crippen molar-refractivity contribution in [2.45, 2.75) is 6.04 Å². The van der Waals surface area contributed by atoms with Crippen LogP contribution in [-0.4, -0.2) is 10.8 Å². The largest absolute Gasteiger partial charge is 0.332 e. The highest BCUT2D eigenvalue weighted by Gasteiger charge is 2.16. The van der Waals surface area contributed by atoms with Crippen LogP contribution in [0.5, 0.6) is 0 Å². The fourth-order valence-corrected chi connectivity index (χ4v) is 1.81. The van der Waals surface area contributed by atoms with E-state index in [1.54, 1.807) is 30.3 Å².